The summed E-state index contributed by atoms with van der Waals surface area (Å²) >= 11 is 0. The van der Waals surface area contributed by atoms with Gasteiger partial charge in [0.1, 0.15) is 5.58 Å². The summed E-state index contributed by atoms with van der Waals surface area (Å²) in [5.74, 6) is 0.168. The molecular weight excluding hydrogens is 338 g/mol. The second-order valence-electron chi connectivity index (χ2n) is 7.02. The SMILES string of the molecule is O=C(Cc1coc2ccccc12)N1CCN(c2cccc3[nH]ccc23)CC1. The number of para-hydroxylation sites is 1. The summed E-state index contributed by atoms with van der Waals surface area (Å²) in [7, 11) is 0. The van der Waals surface area contributed by atoms with Crippen LogP contribution >= 0.6 is 0 Å². The Kier molecular flexibility index (Phi) is 3.85. The molecule has 4 aromatic rings. The molecule has 0 radical (unpaired) electrons. The van der Waals surface area contributed by atoms with Crippen LogP contribution in [0.4, 0.5) is 5.69 Å². The van der Waals surface area contributed by atoms with E-state index in [9.17, 15) is 4.79 Å². The van der Waals surface area contributed by atoms with Gasteiger partial charge >= 0.3 is 0 Å². The number of benzene rings is 2. The number of aromatic nitrogens is 1. The van der Waals surface area contributed by atoms with Gasteiger partial charge in [-0.05, 0) is 24.3 Å². The first-order valence-corrected chi connectivity index (χ1v) is 9.33. The number of hydrogen-bond donors (Lipinski definition) is 1. The van der Waals surface area contributed by atoms with E-state index in [2.05, 4.69) is 34.1 Å². The van der Waals surface area contributed by atoms with E-state index < -0.39 is 0 Å². The number of amides is 1. The number of nitrogens with one attached hydrogen (secondary N) is 1. The zero-order chi connectivity index (χ0) is 18.2. The Hall–Kier alpha value is -3.21. The minimum Gasteiger partial charge on any atom is -0.464 e. The number of aromatic amines is 1. The van der Waals surface area contributed by atoms with Crippen molar-refractivity contribution in [1.29, 1.82) is 0 Å². The highest BCUT2D eigenvalue weighted by Gasteiger charge is 2.23. The van der Waals surface area contributed by atoms with Gasteiger partial charge in [0.25, 0.3) is 0 Å². The Bertz CT molecular complexity index is 1100. The van der Waals surface area contributed by atoms with Crippen LogP contribution in [0.25, 0.3) is 21.9 Å². The summed E-state index contributed by atoms with van der Waals surface area (Å²) in [4.78, 5) is 20.4. The number of fused-ring (bicyclic) bond motifs is 2. The number of piperazine rings is 1. The van der Waals surface area contributed by atoms with Crippen LogP contribution in [0.3, 0.4) is 0 Å². The van der Waals surface area contributed by atoms with Crippen LogP contribution < -0.4 is 4.90 Å². The number of carbonyl (C=O) groups excluding carboxylic acids is 1. The third-order valence-corrected chi connectivity index (χ3v) is 5.45. The Morgan fingerprint density at radius 3 is 2.70 bits per heavy atom. The molecule has 3 heterocycles. The van der Waals surface area contributed by atoms with Crippen molar-refractivity contribution < 1.29 is 9.21 Å². The smallest absolute Gasteiger partial charge is 0.227 e. The van der Waals surface area contributed by atoms with E-state index in [1.54, 1.807) is 6.26 Å². The van der Waals surface area contributed by atoms with Crippen molar-refractivity contribution in [2.24, 2.45) is 0 Å². The van der Waals surface area contributed by atoms with Crippen molar-refractivity contribution in [1.82, 2.24) is 9.88 Å². The van der Waals surface area contributed by atoms with Gasteiger partial charge in [-0.25, -0.2) is 0 Å². The fraction of sp³-hybridized carbons (Fsp3) is 0.227. The maximum absolute atomic E-state index is 12.8. The molecule has 1 aliphatic rings. The third-order valence-electron chi connectivity index (χ3n) is 5.45. The van der Waals surface area contributed by atoms with Crippen LogP contribution in [0.2, 0.25) is 0 Å². The lowest BCUT2D eigenvalue weighted by atomic mass is 10.1. The number of hydrogen-bond acceptors (Lipinski definition) is 3. The Morgan fingerprint density at radius 2 is 1.81 bits per heavy atom. The summed E-state index contributed by atoms with van der Waals surface area (Å²) in [6, 6.07) is 16.3. The van der Waals surface area contributed by atoms with Crippen LogP contribution in [0.5, 0.6) is 0 Å². The largest absolute Gasteiger partial charge is 0.464 e. The number of furan rings is 1. The van der Waals surface area contributed by atoms with E-state index in [0.717, 1.165) is 48.2 Å². The van der Waals surface area contributed by atoms with Gasteiger partial charge in [0.2, 0.25) is 5.91 Å². The summed E-state index contributed by atoms with van der Waals surface area (Å²) in [6.07, 6.45) is 4.08. The molecular formula is C22H21N3O2. The van der Waals surface area contributed by atoms with Crippen molar-refractivity contribution in [3.8, 4) is 0 Å². The van der Waals surface area contributed by atoms with E-state index >= 15 is 0 Å². The van der Waals surface area contributed by atoms with Gasteiger partial charge < -0.3 is 19.2 Å². The van der Waals surface area contributed by atoms with Gasteiger partial charge in [0.15, 0.2) is 0 Å². The Labute approximate surface area is 157 Å². The number of H-pyrrole nitrogens is 1. The van der Waals surface area contributed by atoms with Crippen molar-refractivity contribution in [3.05, 3.63) is 66.6 Å². The van der Waals surface area contributed by atoms with E-state index in [0.29, 0.717) is 6.42 Å². The second-order valence-corrected chi connectivity index (χ2v) is 7.02. The molecule has 136 valence electrons. The standard InChI is InChI=1S/C22H21N3O2/c26-22(14-16-15-27-21-7-2-1-4-17(16)21)25-12-10-24(11-13-25)20-6-3-5-19-18(20)8-9-23-19/h1-9,15,23H,10-14H2. The summed E-state index contributed by atoms with van der Waals surface area (Å²) in [5, 5.41) is 2.27. The van der Waals surface area contributed by atoms with E-state index in [-0.39, 0.29) is 5.91 Å². The lowest BCUT2D eigenvalue weighted by molar-refractivity contribution is -0.130. The predicted molar refractivity (Wildman–Crippen MR) is 107 cm³/mol. The van der Waals surface area contributed by atoms with Crippen LogP contribution in [0.1, 0.15) is 5.56 Å². The fourth-order valence-electron chi connectivity index (χ4n) is 3.99. The van der Waals surface area contributed by atoms with Gasteiger partial charge in [0, 0.05) is 59.9 Å². The molecule has 2 aromatic carbocycles. The van der Waals surface area contributed by atoms with Gasteiger partial charge in [0.05, 0.1) is 12.7 Å². The normalized spacial score (nSPS) is 15.0. The molecule has 5 nitrogen and oxygen atoms in total. The van der Waals surface area contributed by atoms with Crippen LogP contribution in [-0.2, 0) is 11.2 Å². The van der Waals surface area contributed by atoms with Gasteiger partial charge in [-0.2, -0.15) is 0 Å². The quantitative estimate of drug-likeness (QED) is 0.605. The number of carbonyl (C=O) groups is 1. The molecule has 0 aliphatic carbocycles. The topological polar surface area (TPSA) is 52.5 Å². The molecule has 0 saturated carbocycles. The van der Waals surface area contributed by atoms with E-state index in [4.69, 9.17) is 4.42 Å². The highest BCUT2D eigenvalue weighted by atomic mass is 16.3. The Morgan fingerprint density at radius 1 is 0.963 bits per heavy atom. The van der Waals surface area contributed by atoms with E-state index in [1.807, 2.05) is 35.4 Å². The van der Waals surface area contributed by atoms with E-state index in [1.165, 1.54) is 11.1 Å². The molecule has 0 spiro atoms. The number of nitrogens with zero attached hydrogens (tertiary/aromatic N) is 2. The summed E-state index contributed by atoms with van der Waals surface area (Å²) in [6.45, 7) is 3.19. The molecule has 1 N–H and O–H groups in total. The van der Waals surface area contributed by atoms with Gasteiger partial charge in [-0.3, -0.25) is 4.79 Å². The van der Waals surface area contributed by atoms with Crippen LogP contribution in [0, 0.1) is 0 Å². The maximum Gasteiger partial charge on any atom is 0.227 e. The van der Waals surface area contributed by atoms with Crippen molar-refractivity contribution in [2.75, 3.05) is 31.1 Å². The summed E-state index contributed by atoms with van der Waals surface area (Å²) < 4.78 is 5.56. The molecule has 1 amide bonds. The molecule has 0 bridgehead atoms. The molecule has 1 fully saturated rings. The molecule has 27 heavy (non-hydrogen) atoms. The molecule has 0 atom stereocenters. The van der Waals surface area contributed by atoms with Crippen LogP contribution in [-0.4, -0.2) is 42.0 Å². The van der Waals surface area contributed by atoms with Gasteiger partial charge in [-0.1, -0.05) is 24.3 Å². The molecule has 1 aliphatic heterocycles. The third kappa shape index (κ3) is 2.85. The molecule has 1 saturated heterocycles. The van der Waals surface area contributed by atoms with Gasteiger partial charge in [-0.15, -0.1) is 0 Å². The first-order valence-electron chi connectivity index (χ1n) is 9.33. The highest BCUT2D eigenvalue weighted by Crippen LogP contribution is 2.27. The minimum atomic E-state index is 0.168. The van der Waals surface area contributed by atoms with Crippen molar-refractivity contribution in [2.45, 2.75) is 6.42 Å². The lowest BCUT2D eigenvalue weighted by Gasteiger charge is -2.36. The molecule has 2 aromatic heterocycles. The fourth-order valence-corrected chi connectivity index (χ4v) is 3.99. The average Bonchev–Trinajstić information content (AvgIpc) is 3.35. The highest BCUT2D eigenvalue weighted by molar-refractivity contribution is 5.92. The zero-order valence-corrected chi connectivity index (χ0v) is 15.0. The first kappa shape index (κ1) is 16.0. The predicted octanol–water partition coefficient (Wildman–Crippen LogP) is 3.81. The Balaban J connectivity index is 1.27. The number of anilines is 1. The molecule has 0 unspecified atom stereocenters. The van der Waals surface area contributed by atoms with Crippen LogP contribution in [0.15, 0.2) is 65.4 Å². The minimum absolute atomic E-state index is 0.168. The summed E-state index contributed by atoms with van der Waals surface area (Å²) in [5.41, 5.74) is 4.19. The first-order chi connectivity index (χ1) is 13.3. The monoisotopic (exact) mass is 359 g/mol. The van der Waals surface area contributed by atoms with Crippen molar-refractivity contribution in [3.63, 3.8) is 0 Å². The lowest BCUT2D eigenvalue weighted by Crippen LogP contribution is -2.49. The maximum atomic E-state index is 12.8. The molecule has 5 rings (SSSR count). The average molecular weight is 359 g/mol. The van der Waals surface area contributed by atoms with Crippen molar-refractivity contribution >= 4 is 33.5 Å². The second kappa shape index (κ2) is 6.50. The number of rotatable bonds is 3. The zero-order valence-electron chi connectivity index (χ0n) is 15.0. The molecule has 5 heteroatoms.